The minimum atomic E-state index is -0.534. The molecular formula is C20H23N3O4. The highest BCUT2D eigenvalue weighted by Crippen LogP contribution is 2.28. The maximum Gasteiger partial charge on any atom is 0.115 e. The highest BCUT2D eigenvalue weighted by molar-refractivity contribution is 5.14. The Morgan fingerprint density at radius 2 is 1.41 bits per heavy atom. The molecule has 4 atom stereocenters. The Labute approximate surface area is 158 Å². The lowest BCUT2D eigenvalue weighted by molar-refractivity contribution is -0.0830. The number of nitrogens with zero attached hydrogens (tertiary/aromatic N) is 3. The Bertz CT molecular complexity index is 737. The van der Waals surface area contributed by atoms with Crippen molar-refractivity contribution in [3.8, 4) is 0 Å². The maximum absolute atomic E-state index is 9.72. The van der Waals surface area contributed by atoms with Crippen molar-refractivity contribution < 1.29 is 19.3 Å². The molecule has 1 aliphatic heterocycles. The van der Waals surface area contributed by atoms with E-state index in [-0.39, 0.29) is 13.2 Å². The van der Waals surface area contributed by atoms with Crippen LogP contribution in [-0.4, -0.2) is 42.7 Å². The van der Waals surface area contributed by atoms with Crippen molar-refractivity contribution >= 4 is 0 Å². The highest BCUT2D eigenvalue weighted by Gasteiger charge is 2.45. The summed E-state index contributed by atoms with van der Waals surface area (Å²) in [5.74, 6) is 0. The van der Waals surface area contributed by atoms with Crippen molar-refractivity contribution in [3.63, 3.8) is 0 Å². The molecule has 1 heterocycles. The van der Waals surface area contributed by atoms with E-state index in [1.54, 1.807) is 0 Å². The molecule has 0 amide bonds. The van der Waals surface area contributed by atoms with E-state index in [2.05, 4.69) is 10.0 Å². The molecule has 7 nitrogen and oxygen atoms in total. The summed E-state index contributed by atoms with van der Waals surface area (Å²) in [6.45, 7) is 0.685. The number of aliphatic hydroxyl groups is 1. The third-order valence-electron chi connectivity index (χ3n) is 4.48. The summed E-state index contributed by atoms with van der Waals surface area (Å²) in [6, 6.07) is 19.6. The van der Waals surface area contributed by atoms with Crippen LogP contribution in [-0.2, 0) is 27.4 Å². The summed E-state index contributed by atoms with van der Waals surface area (Å²) in [6.07, 6.45) is -1.91. The topological polar surface area (TPSA) is 96.7 Å². The van der Waals surface area contributed by atoms with E-state index in [1.807, 2.05) is 60.7 Å². The fourth-order valence-corrected chi connectivity index (χ4v) is 3.15. The Kier molecular flexibility index (Phi) is 7.21. The Morgan fingerprint density at radius 1 is 0.889 bits per heavy atom. The molecule has 0 bridgehead atoms. The first-order valence-electron chi connectivity index (χ1n) is 8.90. The number of hydrogen-bond donors (Lipinski definition) is 1. The molecule has 27 heavy (non-hydrogen) atoms. The van der Waals surface area contributed by atoms with Crippen LogP contribution in [0.1, 0.15) is 11.1 Å². The first kappa shape index (κ1) is 19.4. The van der Waals surface area contributed by atoms with Gasteiger partial charge in [0, 0.05) is 4.91 Å². The van der Waals surface area contributed by atoms with Crippen LogP contribution in [0.5, 0.6) is 0 Å². The number of hydrogen-bond acceptors (Lipinski definition) is 5. The second kappa shape index (κ2) is 10.1. The predicted molar refractivity (Wildman–Crippen MR) is 99.8 cm³/mol. The van der Waals surface area contributed by atoms with Gasteiger partial charge >= 0.3 is 0 Å². The fraction of sp³-hybridized carbons (Fsp3) is 0.400. The lowest BCUT2D eigenvalue weighted by atomic mass is 10.1. The summed E-state index contributed by atoms with van der Waals surface area (Å²) in [5, 5.41) is 13.3. The van der Waals surface area contributed by atoms with Gasteiger partial charge in [-0.05, 0) is 16.7 Å². The molecule has 1 N–H and O–H groups in total. The molecule has 0 radical (unpaired) electrons. The second-order valence-electron chi connectivity index (χ2n) is 6.33. The molecule has 1 saturated heterocycles. The van der Waals surface area contributed by atoms with E-state index in [9.17, 15) is 5.11 Å². The van der Waals surface area contributed by atoms with Gasteiger partial charge in [-0.15, -0.1) is 0 Å². The molecule has 0 unspecified atom stereocenters. The van der Waals surface area contributed by atoms with E-state index < -0.39 is 24.4 Å². The van der Waals surface area contributed by atoms with Crippen molar-refractivity contribution in [3.05, 3.63) is 82.2 Å². The zero-order chi connectivity index (χ0) is 18.9. The normalized spacial score (nSPS) is 24.5. The van der Waals surface area contributed by atoms with Gasteiger partial charge in [-0.25, -0.2) is 0 Å². The lowest BCUT2D eigenvalue weighted by Gasteiger charge is -2.24. The zero-order valence-electron chi connectivity index (χ0n) is 14.9. The molecule has 0 saturated carbocycles. The summed E-state index contributed by atoms with van der Waals surface area (Å²) >= 11 is 0. The number of benzene rings is 2. The highest BCUT2D eigenvalue weighted by atomic mass is 16.6. The Morgan fingerprint density at radius 3 is 1.89 bits per heavy atom. The van der Waals surface area contributed by atoms with Crippen molar-refractivity contribution in [2.45, 2.75) is 37.6 Å². The van der Waals surface area contributed by atoms with Gasteiger partial charge in [-0.2, -0.15) is 0 Å². The molecule has 142 valence electrons. The molecule has 0 spiro atoms. The standard InChI is InChI=1S/C20H23N3O4/c21-23-22-11-17-19(25-13-15-7-3-1-4-8-15)20(18(12-24)27-17)26-14-16-9-5-2-6-10-16/h1-10,17-20,24H,11-14H2/t17-,18-,19+,20+/m0/s1. The summed E-state index contributed by atoms with van der Waals surface area (Å²) in [4.78, 5) is 2.81. The van der Waals surface area contributed by atoms with Crippen LogP contribution in [0.3, 0.4) is 0 Å². The van der Waals surface area contributed by atoms with Gasteiger partial charge in [-0.3, -0.25) is 0 Å². The van der Waals surface area contributed by atoms with Gasteiger partial charge in [0.15, 0.2) is 0 Å². The van der Waals surface area contributed by atoms with Crippen LogP contribution >= 0.6 is 0 Å². The van der Waals surface area contributed by atoms with E-state index >= 15 is 0 Å². The average Bonchev–Trinajstić information content (AvgIpc) is 3.07. The number of rotatable bonds is 9. The molecule has 1 aliphatic rings. The lowest BCUT2D eigenvalue weighted by Crippen LogP contribution is -2.39. The molecule has 2 aromatic rings. The predicted octanol–water partition coefficient (Wildman–Crippen LogP) is 3.23. The van der Waals surface area contributed by atoms with E-state index in [4.69, 9.17) is 19.7 Å². The molecule has 2 aromatic carbocycles. The van der Waals surface area contributed by atoms with Crippen molar-refractivity contribution in [1.82, 2.24) is 0 Å². The monoisotopic (exact) mass is 369 g/mol. The number of aliphatic hydroxyl groups excluding tert-OH is 1. The van der Waals surface area contributed by atoms with Crippen LogP contribution in [0.4, 0.5) is 0 Å². The smallest absolute Gasteiger partial charge is 0.115 e. The van der Waals surface area contributed by atoms with Crippen molar-refractivity contribution in [1.29, 1.82) is 0 Å². The summed E-state index contributed by atoms with van der Waals surface area (Å²) in [5.41, 5.74) is 10.7. The van der Waals surface area contributed by atoms with Gasteiger partial charge < -0.3 is 19.3 Å². The van der Waals surface area contributed by atoms with Gasteiger partial charge in [0.1, 0.15) is 18.3 Å². The van der Waals surface area contributed by atoms with E-state index in [0.717, 1.165) is 11.1 Å². The molecule has 7 heteroatoms. The summed E-state index contributed by atoms with van der Waals surface area (Å²) in [7, 11) is 0. The van der Waals surface area contributed by atoms with Gasteiger partial charge in [0.2, 0.25) is 0 Å². The van der Waals surface area contributed by atoms with Gasteiger partial charge in [-0.1, -0.05) is 65.8 Å². The van der Waals surface area contributed by atoms with Crippen LogP contribution < -0.4 is 0 Å². The first-order chi connectivity index (χ1) is 13.3. The molecular weight excluding hydrogens is 346 g/mol. The van der Waals surface area contributed by atoms with Crippen LogP contribution in [0.15, 0.2) is 65.8 Å². The largest absolute Gasteiger partial charge is 0.394 e. The molecule has 3 rings (SSSR count). The van der Waals surface area contributed by atoms with Crippen molar-refractivity contribution in [2.75, 3.05) is 13.2 Å². The maximum atomic E-state index is 9.72. The van der Waals surface area contributed by atoms with Crippen LogP contribution in [0, 0.1) is 0 Å². The van der Waals surface area contributed by atoms with E-state index in [0.29, 0.717) is 13.2 Å². The Hall–Kier alpha value is -2.41. The number of azide groups is 1. The SMILES string of the molecule is [N-]=[N+]=NC[C@@H]1O[C@@H](CO)[C@@H](OCc2ccccc2)[C@@H]1OCc1ccccc1. The van der Waals surface area contributed by atoms with Gasteiger partial charge in [0.05, 0.1) is 32.5 Å². The average molecular weight is 369 g/mol. The summed E-state index contributed by atoms with van der Waals surface area (Å²) < 4.78 is 18.0. The van der Waals surface area contributed by atoms with E-state index in [1.165, 1.54) is 0 Å². The van der Waals surface area contributed by atoms with Crippen molar-refractivity contribution in [2.24, 2.45) is 5.11 Å². The minimum absolute atomic E-state index is 0.123. The Balaban J connectivity index is 1.71. The fourth-order valence-electron chi connectivity index (χ4n) is 3.15. The third-order valence-corrected chi connectivity index (χ3v) is 4.48. The van der Waals surface area contributed by atoms with Crippen LogP contribution in [0.25, 0.3) is 10.4 Å². The molecule has 0 aromatic heterocycles. The number of ether oxygens (including phenoxy) is 3. The first-order valence-corrected chi connectivity index (χ1v) is 8.90. The van der Waals surface area contributed by atoms with Gasteiger partial charge in [0.25, 0.3) is 0 Å². The second-order valence-corrected chi connectivity index (χ2v) is 6.33. The quantitative estimate of drug-likeness (QED) is 0.417. The molecule has 1 fully saturated rings. The third kappa shape index (κ3) is 5.29. The zero-order valence-corrected chi connectivity index (χ0v) is 14.9. The van der Waals surface area contributed by atoms with Crippen LogP contribution in [0.2, 0.25) is 0 Å². The molecule has 0 aliphatic carbocycles. The minimum Gasteiger partial charge on any atom is -0.394 e.